The third-order valence-corrected chi connectivity index (χ3v) is 5.37. The first-order valence-corrected chi connectivity index (χ1v) is 11.6. The summed E-state index contributed by atoms with van der Waals surface area (Å²) in [6.07, 6.45) is 2.20. The van der Waals surface area contributed by atoms with Crippen molar-refractivity contribution >= 4 is 35.5 Å². The minimum atomic E-state index is -1.45. The van der Waals surface area contributed by atoms with Gasteiger partial charge in [-0.15, -0.1) is 0 Å². The number of imidazole rings is 1. The maximum Gasteiger partial charge on any atom is 0.326 e. The molecule has 0 radical (unpaired) electrons. The Morgan fingerprint density at radius 3 is 2.18 bits per heavy atom. The summed E-state index contributed by atoms with van der Waals surface area (Å²) in [5.41, 5.74) is 6.06. The summed E-state index contributed by atoms with van der Waals surface area (Å²) in [5.74, 6) is -3.26. The number of hydrogen-bond donors (Lipinski definition) is 8. The Hall–Kier alpha value is -2.68. The average Bonchev–Trinajstić information content (AvgIpc) is 3.26. The molecule has 1 aromatic heterocycles. The number of carboxylic acids is 1. The van der Waals surface area contributed by atoms with E-state index in [0.717, 1.165) is 0 Å². The number of aliphatic carboxylic acids is 1. The fraction of sp³-hybridized carbons (Fsp3) is 0.632. The lowest BCUT2D eigenvalue weighted by molar-refractivity contribution is -0.142. The molecular weight excluding hydrogens is 456 g/mol. The van der Waals surface area contributed by atoms with Crippen molar-refractivity contribution in [1.82, 2.24) is 25.9 Å². The average molecular weight is 489 g/mol. The molecule has 0 spiro atoms. The molecular formula is C19H32N6O7S. The van der Waals surface area contributed by atoms with Crippen molar-refractivity contribution in [2.45, 2.75) is 63.1 Å². The zero-order valence-corrected chi connectivity index (χ0v) is 19.5. The summed E-state index contributed by atoms with van der Waals surface area (Å²) in [6.45, 7) is 2.56. The van der Waals surface area contributed by atoms with Crippen molar-refractivity contribution < 1.29 is 34.5 Å². The predicted molar refractivity (Wildman–Crippen MR) is 120 cm³/mol. The molecule has 33 heavy (non-hydrogen) atoms. The third-order valence-electron chi connectivity index (χ3n) is 4.72. The van der Waals surface area contributed by atoms with Gasteiger partial charge in [-0.25, -0.2) is 9.78 Å². The molecule has 3 amide bonds. The monoisotopic (exact) mass is 488 g/mol. The largest absolute Gasteiger partial charge is 0.480 e. The summed E-state index contributed by atoms with van der Waals surface area (Å²) in [7, 11) is 0. The predicted octanol–water partition coefficient (Wildman–Crippen LogP) is -2.67. The van der Waals surface area contributed by atoms with E-state index in [-0.39, 0.29) is 12.8 Å². The molecule has 14 heteroatoms. The number of thioether (sulfide) groups is 1. The zero-order valence-electron chi connectivity index (χ0n) is 18.6. The number of hydrogen-bond acceptors (Lipinski definition) is 9. The van der Waals surface area contributed by atoms with Crippen molar-refractivity contribution in [1.29, 1.82) is 0 Å². The summed E-state index contributed by atoms with van der Waals surface area (Å²) in [5, 5.41) is 36.0. The number of nitrogens with zero attached hydrogens (tertiary/aromatic N) is 1. The van der Waals surface area contributed by atoms with Gasteiger partial charge in [-0.1, -0.05) is 0 Å². The minimum Gasteiger partial charge on any atom is -0.480 e. The zero-order chi connectivity index (χ0) is 25.1. The van der Waals surface area contributed by atoms with Crippen LogP contribution in [0.5, 0.6) is 0 Å². The highest BCUT2D eigenvalue weighted by Gasteiger charge is 2.33. The molecule has 0 aliphatic heterocycles. The van der Waals surface area contributed by atoms with E-state index >= 15 is 0 Å². The molecule has 1 aromatic rings. The lowest BCUT2D eigenvalue weighted by atomic mass is 10.1. The molecule has 0 aliphatic rings. The van der Waals surface area contributed by atoms with Gasteiger partial charge in [0.15, 0.2) is 0 Å². The number of amides is 3. The second kappa shape index (κ2) is 13.8. The number of carbonyl (C=O) groups is 4. The van der Waals surface area contributed by atoms with Gasteiger partial charge < -0.3 is 42.0 Å². The van der Waals surface area contributed by atoms with Crippen molar-refractivity contribution in [3.8, 4) is 0 Å². The van der Waals surface area contributed by atoms with E-state index in [1.54, 1.807) is 6.26 Å². The van der Waals surface area contributed by atoms with Gasteiger partial charge in [0, 0.05) is 18.3 Å². The van der Waals surface area contributed by atoms with Crippen LogP contribution >= 0.6 is 11.8 Å². The molecule has 1 rings (SSSR count). The first-order valence-electron chi connectivity index (χ1n) is 10.2. The van der Waals surface area contributed by atoms with Crippen molar-refractivity contribution in [3.63, 3.8) is 0 Å². The molecule has 6 atom stereocenters. The Bertz CT molecular complexity index is 790. The highest BCUT2D eigenvalue weighted by atomic mass is 32.2. The number of aliphatic hydroxyl groups excluding tert-OH is 2. The molecule has 1 heterocycles. The van der Waals surface area contributed by atoms with E-state index in [9.17, 15) is 34.5 Å². The summed E-state index contributed by atoms with van der Waals surface area (Å²) in [6, 6.07) is -5.18. The molecule has 0 saturated heterocycles. The van der Waals surface area contributed by atoms with Crippen LogP contribution in [0.2, 0.25) is 0 Å². The van der Waals surface area contributed by atoms with Gasteiger partial charge >= 0.3 is 5.97 Å². The van der Waals surface area contributed by atoms with Gasteiger partial charge in [0.2, 0.25) is 17.7 Å². The fourth-order valence-electron chi connectivity index (χ4n) is 2.73. The summed E-state index contributed by atoms with van der Waals surface area (Å²) >= 11 is 1.41. The quantitative estimate of drug-likeness (QED) is 0.136. The van der Waals surface area contributed by atoms with Crippen molar-refractivity contribution in [2.24, 2.45) is 5.73 Å². The maximum atomic E-state index is 12.8. The van der Waals surface area contributed by atoms with Gasteiger partial charge in [0.25, 0.3) is 0 Å². The lowest BCUT2D eigenvalue weighted by Gasteiger charge is -2.26. The first kappa shape index (κ1) is 28.4. The van der Waals surface area contributed by atoms with Crippen LogP contribution < -0.4 is 21.7 Å². The molecule has 13 nitrogen and oxygen atoms in total. The van der Waals surface area contributed by atoms with E-state index in [1.807, 2.05) is 0 Å². The molecule has 186 valence electrons. The Labute approximate surface area is 195 Å². The number of aromatic nitrogens is 2. The number of nitrogens with one attached hydrogen (secondary N) is 4. The van der Waals surface area contributed by atoms with Crippen LogP contribution in [0.3, 0.4) is 0 Å². The van der Waals surface area contributed by atoms with Gasteiger partial charge in [-0.2, -0.15) is 11.8 Å². The number of H-pyrrole nitrogens is 1. The SMILES string of the molecule is CSCCC(NC(=O)C(NC(=O)C(N)C(C)O)C(C)O)C(=O)NC(Cc1cnc[nH]1)C(=O)O. The number of aliphatic hydroxyl groups is 2. The first-order chi connectivity index (χ1) is 15.5. The van der Waals surface area contributed by atoms with E-state index in [0.29, 0.717) is 11.4 Å². The minimum absolute atomic E-state index is 0.0478. The van der Waals surface area contributed by atoms with E-state index < -0.39 is 60.1 Å². The van der Waals surface area contributed by atoms with E-state index in [4.69, 9.17) is 5.73 Å². The molecule has 0 aliphatic carbocycles. The van der Waals surface area contributed by atoms with Crippen LogP contribution in [0.1, 0.15) is 26.0 Å². The van der Waals surface area contributed by atoms with Gasteiger partial charge in [-0.05, 0) is 32.3 Å². The second-order valence-electron chi connectivity index (χ2n) is 7.52. The Morgan fingerprint density at radius 2 is 1.70 bits per heavy atom. The fourth-order valence-corrected chi connectivity index (χ4v) is 3.20. The van der Waals surface area contributed by atoms with Gasteiger partial charge in [0.05, 0.1) is 18.5 Å². The topological polar surface area (TPSA) is 220 Å². The third kappa shape index (κ3) is 9.37. The molecule has 0 aromatic carbocycles. The highest BCUT2D eigenvalue weighted by Crippen LogP contribution is 2.06. The Kier molecular flexibility index (Phi) is 11.8. The van der Waals surface area contributed by atoms with Crippen molar-refractivity contribution in [2.75, 3.05) is 12.0 Å². The molecule has 0 fully saturated rings. The Balaban J connectivity index is 2.93. The van der Waals surface area contributed by atoms with Crippen LogP contribution in [0.25, 0.3) is 0 Å². The summed E-state index contributed by atoms with van der Waals surface area (Å²) < 4.78 is 0. The summed E-state index contributed by atoms with van der Waals surface area (Å²) in [4.78, 5) is 55.9. The van der Waals surface area contributed by atoms with Crippen LogP contribution in [-0.4, -0.2) is 97.4 Å². The van der Waals surface area contributed by atoms with Gasteiger partial charge in [0.1, 0.15) is 24.2 Å². The molecule has 0 bridgehead atoms. The van der Waals surface area contributed by atoms with Crippen LogP contribution in [-0.2, 0) is 25.6 Å². The highest BCUT2D eigenvalue weighted by molar-refractivity contribution is 7.98. The molecule has 6 unspecified atom stereocenters. The van der Waals surface area contributed by atoms with Gasteiger partial charge in [-0.3, -0.25) is 14.4 Å². The number of carboxylic acid groups (broad SMARTS) is 1. The van der Waals surface area contributed by atoms with E-state index in [1.165, 1.54) is 38.1 Å². The smallest absolute Gasteiger partial charge is 0.326 e. The van der Waals surface area contributed by atoms with Crippen LogP contribution in [0.4, 0.5) is 0 Å². The second-order valence-corrected chi connectivity index (χ2v) is 8.50. The maximum absolute atomic E-state index is 12.8. The number of carbonyl (C=O) groups excluding carboxylic acids is 3. The number of nitrogens with two attached hydrogens (primary N) is 1. The number of aromatic amines is 1. The Morgan fingerprint density at radius 1 is 1.06 bits per heavy atom. The normalized spacial score (nSPS) is 16.5. The van der Waals surface area contributed by atoms with E-state index in [2.05, 4.69) is 25.9 Å². The standard InChI is InChI=1S/C19H32N6O7S/c1-9(26)14(20)17(29)25-15(10(2)27)18(30)23-12(4-5-33-3)16(28)24-13(19(31)32)6-11-7-21-8-22-11/h7-10,12-15,26-27H,4-6,20H2,1-3H3,(H,21,22)(H,23,30)(H,24,28)(H,25,29)(H,31,32). The number of rotatable bonds is 14. The molecule has 9 N–H and O–H groups in total. The van der Waals surface area contributed by atoms with Crippen molar-refractivity contribution in [3.05, 3.63) is 18.2 Å². The van der Waals surface area contributed by atoms with Crippen LogP contribution in [0, 0.1) is 0 Å². The van der Waals surface area contributed by atoms with Crippen LogP contribution in [0.15, 0.2) is 12.5 Å². The lowest BCUT2D eigenvalue weighted by Crippen LogP contribution is -2.60. The molecule has 0 saturated carbocycles.